The van der Waals surface area contributed by atoms with Crippen molar-refractivity contribution in [2.75, 3.05) is 26.2 Å². The van der Waals surface area contributed by atoms with E-state index in [1.165, 1.54) is 82.0 Å². The first-order valence-electron chi connectivity index (χ1n) is 13.3. The van der Waals surface area contributed by atoms with E-state index in [-0.39, 0.29) is 11.1 Å². The van der Waals surface area contributed by atoms with Crippen molar-refractivity contribution in [3.63, 3.8) is 0 Å². The summed E-state index contributed by atoms with van der Waals surface area (Å²) in [6, 6.07) is 16.4. The Hall–Kier alpha value is -2.17. The number of carbonyl (C=O) groups excluding carboxylic acids is 1. The number of hydrogen-bond donors (Lipinski definition) is 1. The molecule has 0 bridgehead atoms. The molecule has 4 heteroatoms. The van der Waals surface area contributed by atoms with Gasteiger partial charge >= 0.3 is 0 Å². The lowest BCUT2D eigenvalue weighted by Crippen LogP contribution is -2.50. The lowest BCUT2D eigenvalue weighted by Gasteiger charge is -2.39. The zero-order valence-electron chi connectivity index (χ0n) is 22.0. The Bertz CT molecular complexity index is 699. The van der Waals surface area contributed by atoms with Gasteiger partial charge in [0.15, 0.2) is 5.60 Å². The van der Waals surface area contributed by atoms with Gasteiger partial charge in [-0.15, -0.1) is 0 Å². The van der Waals surface area contributed by atoms with Gasteiger partial charge in [-0.1, -0.05) is 114 Å². The van der Waals surface area contributed by atoms with Crippen molar-refractivity contribution in [1.82, 2.24) is 0 Å². The number of rotatable bonds is 15. The first-order chi connectivity index (χ1) is 16.4. The van der Waals surface area contributed by atoms with E-state index >= 15 is 0 Å². The highest BCUT2D eigenvalue weighted by atomic mass is 16.4. The number of carboxylic acids is 1. The highest BCUT2D eigenvalue weighted by Gasteiger charge is 2.32. The maximum atomic E-state index is 11.3. The summed E-state index contributed by atoms with van der Waals surface area (Å²) in [5.74, 6) is -1.53. The Kier molecular flexibility index (Phi) is 14.5. The Balaban J connectivity index is 0.000000340. The Morgan fingerprint density at radius 3 is 1.21 bits per heavy atom. The molecular formula is C30H47NO3. The molecule has 1 N–H and O–H groups in total. The molecule has 0 radical (unpaired) electrons. The van der Waals surface area contributed by atoms with Gasteiger partial charge in [-0.3, -0.25) is 0 Å². The maximum Gasteiger partial charge on any atom is 0.154 e. The van der Waals surface area contributed by atoms with Gasteiger partial charge < -0.3 is 19.5 Å². The van der Waals surface area contributed by atoms with E-state index in [1.54, 1.807) is 60.7 Å². The van der Waals surface area contributed by atoms with Crippen molar-refractivity contribution in [2.24, 2.45) is 0 Å². The number of benzene rings is 2. The first kappa shape index (κ1) is 29.9. The zero-order valence-corrected chi connectivity index (χ0v) is 22.0. The normalized spacial score (nSPS) is 11.6. The standard InChI is InChI=1S/C16H36N.C14H12O3/c1-5-9-13-17(14-10-6-2,15-11-7-3)16-12-8-4;15-13(16)14(17,11-7-3-1-4-8-11)12-9-5-2-6-10-12/h5-16H2,1-4H3;1-10,17H,(H,15,16)/q+1;/p-1. The van der Waals surface area contributed by atoms with Crippen LogP contribution >= 0.6 is 0 Å². The first-order valence-corrected chi connectivity index (χ1v) is 13.3. The van der Waals surface area contributed by atoms with Gasteiger partial charge in [0.25, 0.3) is 0 Å². The van der Waals surface area contributed by atoms with Gasteiger partial charge in [0.2, 0.25) is 0 Å². The topological polar surface area (TPSA) is 60.4 Å². The average Bonchev–Trinajstić information content (AvgIpc) is 2.88. The number of unbranched alkanes of at least 4 members (excludes halogenated alkanes) is 4. The number of hydrogen-bond acceptors (Lipinski definition) is 3. The quantitative estimate of drug-likeness (QED) is 0.342. The van der Waals surface area contributed by atoms with Crippen LogP contribution in [0.1, 0.15) is 90.2 Å². The van der Waals surface area contributed by atoms with Crippen molar-refractivity contribution in [2.45, 2.75) is 84.7 Å². The van der Waals surface area contributed by atoms with Crippen LogP contribution in [0.4, 0.5) is 0 Å². The van der Waals surface area contributed by atoms with Crippen LogP contribution in [0.3, 0.4) is 0 Å². The summed E-state index contributed by atoms with van der Waals surface area (Å²) in [7, 11) is 0. The molecule has 0 unspecified atom stereocenters. The monoisotopic (exact) mass is 469 g/mol. The summed E-state index contributed by atoms with van der Waals surface area (Å²) < 4.78 is 1.42. The van der Waals surface area contributed by atoms with Crippen LogP contribution in [0, 0.1) is 0 Å². The molecule has 2 aromatic rings. The lowest BCUT2D eigenvalue weighted by molar-refractivity contribution is -0.929. The van der Waals surface area contributed by atoms with E-state index in [0.717, 1.165) is 0 Å². The molecule has 0 heterocycles. The highest BCUT2D eigenvalue weighted by Crippen LogP contribution is 2.28. The molecular weight excluding hydrogens is 422 g/mol. The fourth-order valence-electron chi connectivity index (χ4n) is 4.41. The number of carbonyl (C=O) groups is 1. The van der Waals surface area contributed by atoms with Crippen molar-refractivity contribution in [1.29, 1.82) is 0 Å². The van der Waals surface area contributed by atoms with E-state index in [9.17, 15) is 15.0 Å². The van der Waals surface area contributed by atoms with Crippen molar-refractivity contribution >= 4 is 5.97 Å². The van der Waals surface area contributed by atoms with Crippen LogP contribution in [0.2, 0.25) is 0 Å². The van der Waals surface area contributed by atoms with Crippen LogP contribution in [0.25, 0.3) is 0 Å². The molecule has 0 spiro atoms. The maximum absolute atomic E-state index is 11.3. The van der Waals surface area contributed by atoms with Crippen LogP contribution in [0.15, 0.2) is 60.7 Å². The average molecular weight is 470 g/mol. The van der Waals surface area contributed by atoms with Gasteiger partial charge in [-0.05, 0) is 36.8 Å². The summed E-state index contributed by atoms with van der Waals surface area (Å²) in [6.07, 6.45) is 11.1. The van der Waals surface area contributed by atoms with Gasteiger partial charge in [-0.25, -0.2) is 0 Å². The minimum atomic E-state index is -2.11. The number of aliphatic hydroxyl groups is 1. The number of carboxylic acid groups (broad SMARTS) is 1. The summed E-state index contributed by atoms with van der Waals surface area (Å²) >= 11 is 0. The fraction of sp³-hybridized carbons (Fsp3) is 0.567. The van der Waals surface area contributed by atoms with Crippen LogP contribution < -0.4 is 5.11 Å². The molecule has 34 heavy (non-hydrogen) atoms. The third kappa shape index (κ3) is 9.23. The fourth-order valence-corrected chi connectivity index (χ4v) is 4.41. The van der Waals surface area contributed by atoms with Gasteiger partial charge in [0, 0.05) is 0 Å². The molecule has 0 atom stereocenters. The van der Waals surface area contributed by atoms with Crippen molar-refractivity contribution in [3.05, 3.63) is 71.8 Å². The molecule has 0 saturated heterocycles. The molecule has 0 amide bonds. The molecule has 0 aromatic heterocycles. The third-order valence-corrected chi connectivity index (χ3v) is 6.62. The number of quaternary nitrogens is 1. The molecule has 2 aromatic carbocycles. The lowest BCUT2D eigenvalue weighted by atomic mass is 9.86. The minimum Gasteiger partial charge on any atom is -0.546 e. The van der Waals surface area contributed by atoms with Gasteiger partial charge in [0.05, 0.1) is 32.1 Å². The molecule has 0 aliphatic carbocycles. The number of nitrogens with zero attached hydrogens (tertiary/aromatic N) is 1. The summed E-state index contributed by atoms with van der Waals surface area (Å²) in [5, 5.41) is 21.6. The Labute approximate surface area is 208 Å². The SMILES string of the molecule is CCCC[N+](CCCC)(CCCC)CCCC.O=C([O-])C(O)(c1ccccc1)c1ccccc1. The van der Waals surface area contributed by atoms with E-state index in [0.29, 0.717) is 0 Å². The smallest absolute Gasteiger partial charge is 0.154 e. The zero-order chi connectivity index (χ0) is 25.3. The summed E-state index contributed by atoms with van der Waals surface area (Å²) in [4.78, 5) is 11.3. The van der Waals surface area contributed by atoms with E-state index in [4.69, 9.17) is 0 Å². The second kappa shape index (κ2) is 16.5. The summed E-state index contributed by atoms with van der Waals surface area (Å²) in [5.41, 5.74) is -1.54. The predicted molar refractivity (Wildman–Crippen MR) is 140 cm³/mol. The van der Waals surface area contributed by atoms with Crippen LogP contribution in [0.5, 0.6) is 0 Å². The van der Waals surface area contributed by atoms with E-state index in [2.05, 4.69) is 27.7 Å². The Morgan fingerprint density at radius 1 is 0.676 bits per heavy atom. The largest absolute Gasteiger partial charge is 0.546 e. The second-order valence-electron chi connectivity index (χ2n) is 9.38. The van der Waals surface area contributed by atoms with Crippen LogP contribution in [-0.2, 0) is 10.4 Å². The molecule has 190 valence electrons. The van der Waals surface area contributed by atoms with Crippen LogP contribution in [-0.4, -0.2) is 41.7 Å². The molecule has 4 nitrogen and oxygen atoms in total. The molecule has 0 fully saturated rings. The van der Waals surface area contributed by atoms with E-state index < -0.39 is 11.6 Å². The molecule has 0 aliphatic rings. The molecule has 0 saturated carbocycles. The van der Waals surface area contributed by atoms with Crippen molar-refractivity contribution < 1.29 is 19.5 Å². The van der Waals surface area contributed by atoms with Crippen molar-refractivity contribution in [3.8, 4) is 0 Å². The second-order valence-corrected chi connectivity index (χ2v) is 9.38. The highest BCUT2D eigenvalue weighted by molar-refractivity contribution is 5.81. The third-order valence-electron chi connectivity index (χ3n) is 6.62. The van der Waals surface area contributed by atoms with E-state index in [1.807, 2.05) is 0 Å². The van der Waals surface area contributed by atoms with Gasteiger partial charge in [0.1, 0.15) is 0 Å². The van der Waals surface area contributed by atoms with Gasteiger partial charge in [-0.2, -0.15) is 0 Å². The Morgan fingerprint density at radius 2 is 0.971 bits per heavy atom. The minimum absolute atomic E-state index is 0.284. The predicted octanol–water partition coefficient (Wildman–Crippen LogP) is 5.68. The number of aliphatic carboxylic acids is 1. The summed E-state index contributed by atoms with van der Waals surface area (Å²) in [6.45, 7) is 15.0. The molecule has 2 rings (SSSR count). The molecule has 0 aliphatic heterocycles.